The van der Waals surface area contributed by atoms with Crippen LogP contribution in [0.5, 0.6) is 5.75 Å². The van der Waals surface area contributed by atoms with E-state index in [4.69, 9.17) is 9.72 Å². The Morgan fingerprint density at radius 2 is 2.03 bits per heavy atom. The summed E-state index contributed by atoms with van der Waals surface area (Å²) >= 11 is 0. The molecule has 0 unspecified atom stereocenters. The second-order valence-electron chi connectivity index (χ2n) is 7.90. The minimum absolute atomic E-state index is 0.157. The molecule has 0 radical (unpaired) electrons. The van der Waals surface area contributed by atoms with E-state index in [1.165, 1.54) is 17.5 Å². The van der Waals surface area contributed by atoms with E-state index in [-0.39, 0.29) is 5.91 Å². The van der Waals surface area contributed by atoms with E-state index >= 15 is 0 Å². The Labute approximate surface area is 178 Å². The fourth-order valence-electron chi connectivity index (χ4n) is 4.54. The number of amides is 1. The maximum absolute atomic E-state index is 12.7. The van der Waals surface area contributed by atoms with Gasteiger partial charge in [-0.25, -0.2) is 4.98 Å². The van der Waals surface area contributed by atoms with Gasteiger partial charge in [0.2, 0.25) is 5.95 Å². The molecule has 2 aromatic heterocycles. The van der Waals surface area contributed by atoms with Gasteiger partial charge in [0.05, 0.1) is 29.6 Å². The summed E-state index contributed by atoms with van der Waals surface area (Å²) in [5.41, 5.74) is 8.30. The van der Waals surface area contributed by atoms with Gasteiger partial charge in [-0.05, 0) is 66.8 Å². The summed E-state index contributed by atoms with van der Waals surface area (Å²) in [6.07, 6.45) is 7.10. The number of aryl methyl sites for hydroxylation is 2. The number of nitrogens with zero attached hydrogens (tertiary/aromatic N) is 1. The van der Waals surface area contributed by atoms with Gasteiger partial charge in [-0.1, -0.05) is 6.07 Å². The molecule has 4 aromatic rings. The average molecular weight is 411 g/mol. The molecule has 2 aliphatic rings. The molecule has 1 aliphatic carbocycles. The third-order valence-corrected chi connectivity index (χ3v) is 6.03. The zero-order valence-corrected chi connectivity index (χ0v) is 17.0. The first kappa shape index (κ1) is 17.8. The van der Waals surface area contributed by atoms with Crippen LogP contribution in [0.2, 0.25) is 0 Å². The lowest BCUT2D eigenvalue weighted by Crippen LogP contribution is -2.03. The monoisotopic (exact) mass is 411 g/mol. The first-order valence-corrected chi connectivity index (χ1v) is 10.4. The summed E-state index contributed by atoms with van der Waals surface area (Å²) in [5, 5.41) is 6.33. The van der Waals surface area contributed by atoms with Crippen LogP contribution in [0.15, 0.2) is 42.6 Å². The van der Waals surface area contributed by atoms with Gasteiger partial charge in [0, 0.05) is 17.4 Å². The first-order chi connectivity index (χ1) is 15.2. The average Bonchev–Trinajstić information content (AvgIpc) is 3.54. The highest BCUT2D eigenvalue weighted by molar-refractivity contribution is 6.37. The topological polar surface area (TPSA) is 94.8 Å². The van der Waals surface area contributed by atoms with Crippen LogP contribution >= 0.6 is 0 Å². The summed E-state index contributed by atoms with van der Waals surface area (Å²) in [4.78, 5) is 24.0. The van der Waals surface area contributed by atoms with Crippen molar-refractivity contribution in [2.75, 3.05) is 17.7 Å². The standard InChI is InChI=1S/C24H21N5O2/c1-31-20-9-10-25-19(20)12-16-21-17(27-23(16)30)7-8-18-22(21)29-24(28-18)26-15-6-5-13-3-2-4-14(13)11-15/h5-12,25H,2-4H2,1H3,(H,27,30)(H2,26,28,29)/b16-12+. The van der Waals surface area contributed by atoms with Crippen molar-refractivity contribution in [3.8, 4) is 5.75 Å². The van der Waals surface area contributed by atoms with Crippen molar-refractivity contribution >= 4 is 45.9 Å². The van der Waals surface area contributed by atoms with Gasteiger partial charge in [0.15, 0.2) is 0 Å². The third kappa shape index (κ3) is 2.89. The number of anilines is 3. The molecule has 0 atom stereocenters. The SMILES string of the molecule is COc1cc[nH]c1/C=C1/C(=O)Nc2ccc3[nH]c(Nc4ccc5c(c4)CCC5)nc3c21. The molecule has 7 heteroatoms. The predicted molar refractivity (Wildman–Crippen MR) is 122 cm³/mol. The van der Waals surface area contributed by atoms with Gasteiger partial charge in [-0.15, -0.1) is 0 Å². The summed E-state index contributed by atoms with van der Waals surface area (Å²) in [5.74, 6) is 1.18. The lowest BCUT2D eigenvalue weighted by Gasteiger charge is -2.05. The van der Waals surface area contributed by atoms with Crippen molar-refractivity contribution in [3.63, 3.8) is 0 Å². The number of benzene rings is 2. The molecule has 1 amide bonds. The second-order valence-corrected chi connectivity index (χ2v) is 7.90. The molecular formula is C24H21N5O2. The molecule has 0 bridgehead atoms. The van der Waals surface area contributed by atoms with Crippen LogP contribution in [0.4, 0.5) is 17.3 Å². The number of aromatic nitrogens is 3. The Hall–Kier alpha value is -4.00. The largest absolute Gasteiger partial charge is 0.495 e. The molecule has 0 saturated heterocycles. The number of hydrogen-bond donors (Lipinski definition) is 4. The van der Waals surface area contributed by atoms with Gasteiger partial charge in [0.1, 0.15) is 11.3 Å². The molecule has 0 spiro atoms. The molecule has 6 rings (SSSR count). The minimum atomic E-state index is -0.157. The summed E-state index contributed by atoms with van der Waals surface area (Å²) < 4.78 is 5.37. The van der Waals surface area contributed by atoms with Crippen molar-refractivity contribution < 1.29 is 9.53 Å². The van der Waals surface area contributed by atoms with Gasteiger partial charge in [-0.2, -0.15) is 0 Å². The molecular weight excluding hydrogens is 390 g/mol. The molecule has 1 aliphatic heterocycles. The van der Waals surface area contributed by atoms with E-state index in [0.717, 1.165) is 46.5 Å². The van der Waals surface area contributed by atoms with Gasteiger partial charge in [0.25, 0.3) is 5.91 Å². The van der Waals surface area contributed by atoms with E-state index in [1.54, 1.807) is 13.3 Å². The number of ether oxygens (including phenoxy) is 1. The number of carbonyl (C=O) groups is 1. The fraction of sp³-hybridized carbons (Fsp3) is 0.167. The lowest BCUT2D eigenvalue weighted by molar-refractivity contribution is -0.110. The number of hydrogen-bond acceptors (Lipinski definition) is 4. The van der Waals surface area contributed by atoms with Crippen LogP contribution in [-0.2, 0) is 17.6 Å². The van der Waals surface area contributed by atoms with E-state index in [2.05, 4.69) is 38.8 Å². The maximum atomic E-state index is 12.7. The molecule has 0 saturated carbocycles. The third-order valence-electron chi connectivity index (χ3n) is 6.03. The molecule has 2 aromatic carbocycles. The Balaban J connectivity index is 1.41. The van der Waals surface area contributed by atoms with E-state index in [0.29, 0.717) is 17.3 Å². The molecule has 4 N–H and O–H groups in total. The van der Waals surface area contributed by atoms with Crippen LogP contribution < -0.4 is 15.4 Å². The van der Waals surface area contributed by atoms with Crippen molar-refractivity contribution in [1.29, 1.82) is 0 Å². The zero-order valence-electron chi connectivity index (χ0n) is 17.0. The number of nitrogens with one attached hydrogen (secondary N) is 4. The highest BCUT2D eigenvalue weighted by atomic mass is 16.5. The molecule has 7 nitrogen and oxygen atoms in total. The Kier molecular flexibility index (Phi) is 3.89. The molecule has 31 heavy (non-hydrogen) atoms. The van der Waals surface area contributed by atoms with Crippen LogP contribution in [0.1, 0.15) is 28.8 Å². The smallest absolute Gasteiger partial charge is 0.256 e. The fourth-order valence-corrected chi connectivity index (χ4v) is 4.54. The highest BCUT2D eigenvalue weighted by Crippen LogP contribution is 2.39. The highest BCUT2D eigenvalue weighted by Gasteiger charge is 2.28. The Bertz CT molecular complexity index is 1380. The van der Waals surface area contributed by atoms with Crippen LogP contribution in [0.3, 0.4) is 0 Å². The predicted octanol–water partition coefficient (Wildman–Crippen LogP) is 4.62. The number of rotatable bonds is 4. The number of imidazole rings is 1. The Morgan fingerprint density at radius 1 is 1.13 bits per heavy atom. The summed E-state index contributed by atoms with van der Waals surface area (Å²) in [6.45, 7) is 0. The second kappa shape index (κ2) is 6.77. The van der Waals surface area contributed by atoms with Crippen molar-refractivity contribution in [1.82, 2.24) is 15.0 Å². The summed E-state index contributed by atoms with van der Waals surface area (Å²) in [7, 11) is 1.61. The number of aromatic amines is 2. The molecule has 3 heterocycles. The quantitative estimate of drug-likeness (QED) is 0.369. The first-order valence-electron chi connectivity index (χ1n) is 10.4. The molecule has 154 valence electrons. The van der Waals surface area contributed by atoms with Crippen molar-refractivity contribution in [3.05, 3.63) is 65.0 Å². The van der Waals surface area contributed by atoms with Gasteiger partial charge >= 0.3 is 0 Å². The lowest BCUT2D eigenvalue weighted by atomic mass is 10.0. The number of methoxy groups -OCH3 is 1. The van der Waals surface area contributed by atoms with Gasteiger partial charge < -0.3 is 25.3 Å². The number of fused-ring (bicyclic) bond motifs is 4. The molecule has 0 fully saturated rings. The van der Waals surface area contributed by atoms with E-state index in [9.17, 15) is 4.79 Å². The van der Waals surface area contributed by atoms with Crippen molar-refractivity contribution in [2.24, 2.45) is 0 Å². The van der Waals surface area contributed by atoms with Crippen LogP contribution in [0.25, 0.3) is 22.7 Å². The number of H-pyrrole nitrogens is 2. The van der Waals surface area contributed by atoms with E-state index in [1.807, 2.05) is 24.3 Å². The van der Waals surface area contributed by atoms with E-state index < -0.39 is 0 Å². The zero-order chi connectivity index (χ0) is 20.9. The van der Waals surface area contributed by atoms with Crippen LogP contribution in [-0.4, -0.2) is 28.0 Å². The van der Waals surface area contributed by atoms with Crippen LogP contribution in [0, 0.1) is 0 Å². The maximum Gasteiger partial charge on any atom is 0.256 e. The normalized spacial score (nSPS) is 15.9. The van der Waals surface area contributed by atoms with Crippen molar-refractivity contribution in [2.45, 2.75) is 19.3 Å². The number of carbonyl (C=O) groups excluding carboxylic acids is 1. The van der Waals surface area contributed by atoms with Gasteiger partial charge in [-0.3, -0.25) is 4.79 Å². The summed E-state index contributed by atoms with van der Waals surface area (Å²) in [6, 6.07) is 12.2. The minimum Gasteiger partial charge on any atom is -0.495 e. The Morgan fingerprint density at radius 3 is 2.94 bits per heavy atom.